The van der Waals surface area contributed by atoms with Gasteiger partial charge in [0.05, 0.1) is 11.1 Å². The lowest BCUT2D eigenvalue weighted by atomic mass is 9.57. The van der Waals surface area contributed by atoms with Crippen LogP contribution >= 0.6 is 0 Å². The molecule has 19 heavy (non-hydrogen) atoms. The Balaban J connectivity index is 2.43. The summed E-state index contributed by atoms with van der Waals surface area (Å²) in [5.41, 5.74) is -1.14. The first-order chi connectivity index (χ1) is 8.69. The largest absolute Gasteiger partial charge is 0.416 e. The van der Waals surface area contributed by atoms with E-state index in [9.17, 15) is 18.0 Å². The van der Waals surface area contributed by atoms with Crippen molar-refractivity contribution >= 4 is 6.08 Å². The number of nitrogens with zero attached hydrogens (tertiary/aromatic N) is 1. The van der Waals surface area contributed by atoms with Gasteiger partial charge in [0.2, 0.25) is 6.08 Å². The molecule has 0 saturated heterocycles. The summed E-state index contributed by atoms with van der Waals surface area (Å²) in [5.74, 6) is 0. The SMILES string of the molecule is CC1(C)CC(N=C=O)(c2cccc(C(F)(F)F)c2)C1. The van der Waals surface area contributed by atoms with Crippen molar-refractivity contribution in [1.82, 2.24) is 0 Å². The zero-order valence-electron chi connectivity index (χ0n) is 10.7. The maximum Gasteiger partial charge on any atom is 0.416 e. The van der Waals surface area contributed by atoms with E-state index in [-0.39, 0.29) is 5.41 Å². The Kier molecular flexibility index (Phi) is 3.06. The molecule has 0 aromatic heterocycles. The first kappa shape index (κ1) is 13.8. The second-order valence-electron chi connectivity index (χ2n) is 5.83. The molecule has 1 aromatic carbocycles. The van der Waals surface area contributed by atoms with Crippen molar-refractivity contribution in [1.29, 1.82) is 0 Å². The molecule has 1 aliphatic rings. The molecule has 1 fully saturated rings. The lowest BCUT2D eigenvalue weighted by molar-refractivity contribution is -0.137. The van der Waals surface area contributed by atoms with Gasteiger partial charge in [0.1, 0.15) is 0 Å². The van der Waals surface area contributed by atoms with E-state index in [4.69, 9.17) is 0 Å². The molecule has 0 heterocycles. The van der Waals surface area contributed by atoms with Gasteiger partial charge in [0.25, 0.3) is 0 Å². The topological polar surface area (TPSA) is 29.4 Å². The summed E-state index contributed by atoms with van der Waals surface area (Å²) in [6, 6.07) is 5.04. The predicted octanol–water partition coefficient (Wildman–Crippen LogP) is 4.06. The van der Waals surface area contributed by atoms with E-state index in [2.05, 4.69) is 4.99 Å². The molecule has 1 aliphatic carbocycles. The van der Waals surface area contributed by atoms with E-state index in [1.54, 1.807) is 6.07 Å². The smallest absolute Gasteiger partial charge is 0.211 e. The number of carbonyl (C=O) groups excluding carboxylic acids is 1. The highest BCUT2D eigenvalue weighted by atomic mass is 19.4. The monoisotopic (exact) mass is 269 g/mol. The summed E-state index contributed by atoms with van der Waals surface area (Å²) in [5, 5.41) is 0. The summed E-state index contributed by atoms with van der Waals surface area (Å²) in [6.45, 7) is 4.00. The van der Waals surface area contributed by atoms with E-state index >= 15 is 0 Å². The van der Waals surface area contributed by atoms with E-state index in [1.165, 1.54) is 12.1 Å². The average Bonchev–Trinajstić information content (AvgIpc) is 2.25. The van der Waals surface area contributed by atoms with Crippen LogP contribution < -0.4 is 0 Å². The Morgan fingerprint density at radius 2 is 1.89 bits per heavy atom. The number of alkyl halides is 3. The first-order valence-corrected chi connectivity index (χ1v) is 5.95. The molecule has 0 unspecified atom stereocenters. The Labute approximate surface area is 109 Å². The molecule has 102 valence electrons. The molecule has 0 bridgehead atoms. The Hall–Kier alpha value is -1.61. The van der Waals surface area contributed by atoms with Crippen LogP contribution in [0.2, 0.25) is 0 Å². The fraction of sp³-hybridized carbons (Fsp3) is 0.500. The zero-order valence-corrected chi connectivity index (χ0v) is 10.7. The predicted molar refractivity (Wildman–Crippen MR) is 64.3 cm³/mol. The minimum Gasteiger partial charge on any atom is -0.211 e. The van der Waals surface area contributed by atoms with E-state index < -0.39 is 17.3 Å². The molecule has 0 amide bonds. The number of isocyanates is 1. The van der Waals surface area contributed by atoms with Crippen LogP contribution in [0.3, 0.4) is 0 Å². The maximum atomic E-state index is 12.7. The second-order valence-corrected chi connectivity index (χ2v) is 5.83. The molecule has 1 saturated carbocycles. The van der Waals surface area contributed by atoms with Crippen molar-refractivity contribution in [3.05, 3.63) is 35.4 Å². The van der Waals surface area contributed by atoms with Gasteiger partial charge in [-0.2, -0.15) is 18.2 Å². The molecule has 0 N–H and O–H groups in total. The van der Waals surface area contributed by atoms with E-state index in [1.807, 2.05) is 13.8 Å². The fourth-order valence-electron chi connectivity index (χ4n) is 2.95. The van der Waals surface area contributed by atoms with Crippen LogP contribution in [-0.2, 0) is 16.5 Å². The molecule has 0 atom stereocenters. The lowest BCUT2D eigenvalue weighted by Gasteiger charge is -2.50. The Bertz CT molecular complexity index is 534. The number of hydrogen-bond donors (Lipinski definition) is 0. The molecule has 0 aliphatic heterocycles. The summed E-state index contributed by atoms with van der Waals surface area (Å²) in [7, 11) is 0. The number of hydrogen-bond acceptors (Lipinski definition) is 2. The molecular formula is C14H14F3NO. The van der Waals surface area contributed by atoms with Crippen LogP contribution in [0.5, 0.6) is 0 Å². The standard InChI is InChI=1S/C14H14F3NO/c1-12(2)7-13(8-12,18-9-19)10-4-3-5-11(6-10)14(15,16)17/h3-6H,7-8H2,1-2H3. The Morgan fingerprint density at radius 1 is 1.26 bits per heavy atom. The molecule has 0 radical (unpaired) electrons. The van der Waals surface area contributed by atoms with Crippen molar-refractivity contribution in [3.63, 3.8) is 0 Å². The van der Waals surface area contributed by atoms with Crippen molar-refractivity contribution in [3.8, 4) is 0 Å². The maximum absolute atomic E-state index is 12.7. The third kappa shape index (κ3) is 2.56. The van der Waals surface area contributed by atoms with Gasteiger partial charge in [-0.1, -0.05) is 26.0 Å². The van der Waals surface area contributed by atoms with Crippen molar-refractivity contribution in [2.24, 2.45) is 10.4 Å². The second kappa shape index (κ2) is 4.20. The minimum atomic E-state index is -4.39. The number of aliphatic imine (C=N–C) groups is 1. The van der Waals surface area contributed by atoms with Crippen LogP contribution in [0.15, 0.2) is 29.3 Å². The van der Waals surface area contributed by atoms with Gasteiger partial charge in [0, 0.05) is 0 Å². The van der Waals surface area contributed by atoms with Crippen molar-refractivity contribution in [2.75, 3.05) is 0 Å². The molecule has 1 aromatic rings. The third-order valence-corrected chi connectivity index (χ3v) is 3.53. The van der Waals surface area contributed by atoms with Crippen LogP contribution in [0.25, 0.3) is 0 Å². The van der Waals surface area contributed by atoms with Crippen molar-refractivity contribution in [2.45, 2.75) is 38.4 Å². The first-order valence-electron chi connectivity index (χ1n) is 5.95. The van der Waals surface area contributed by atoms with Gasteiger partial charge in [-0.25, -0.2) is 4.79 Å². The third-order valence-electron chi connectivity index (χ3n) is 3.53. The van der Waals surface area contributed by atoms with Gasteiger partial charge in [-0.3, -0.25) is 0 Å². The van der Waals surface area contributed by atoms with Gasteiger partial charge in [0.15, 0.2) is 0 Å². The summed E-state index contributed by atoms with van der Waals surface area (Å²) in [4.78, 5) is 14.3. The fourth-order valence-corrected chi connectivity index (χ4v) is 2.95. The lowest BCUT2D eigenvalue weighted by Crippen LogP contribution is -2.45. The van der Waals surface area contributed by atoms with Crippen LogP contribution in [0.4, 0.5) is 13.2 Å². The normalized spacial score (nSPS) is 20.3. The van der Waals surface area contributed by atoms with Gasteiger partial charge >= 0.3 is 6.18 Å². The number of benzene rings is 1. The number of halogens is 3. The zero-order chi connectivity index (χ0) is 14.3. The summed E-state index contributed by atoms with van der Waals surface area (Å²) < 4.78 is 38.1. The highest BCUT2D eigenvalue weighted by molar-refractivity contribution is 5.41. The Morgan fingerprint density at radius 3 is 2.37 bits per heavy atom. The van der Waals surface area contributed by atoms with Gasteiger partial charge in [-0.05, 0) is 36.0 Å². The van der Waals surface area contributed by atoms with Gasteiger partial charge in [-0.15, -0.1) is 0 Å². The van der Waals surface area contributed by atoms with E-state index in [0.717, 1.165) is 12.1 Å². The summed E-state index contributed by atoms with van der Waals surface area (Å²) >= 11 is 0. The highest BCUT2D eigenvalue weighted by Gasteiger charge is 2.51. The summed E-state index contributed by atoms with van der Waals surface area (Å²) in [6.07, 6.45) is -1.78. The van der Waals surface area contributed by atoms with Gasteiger partial charge < -0.3 is 0 Å². The molecule has 2 nitrogen and oxygen atoms in total. The highest BCUT2D eigenvalue weighted by Crippen LogP contribution is 2.56. The number of rotatable bonds is 2. The average molecular weight is 269 g/mol. The quantitative estimate of drug-likeness (QED) is 0.588. The van der Waals surface area contributed by atoms with Crippen LogP contribution in [0.1, 0.15) is 37.8 Å². The van der Waals surface area contributed by atoms with Crippen LogP contribution in [0, 0.1) is 5.41 Å². The molecule has 5 heteroatoms. The van der Waals surface area contributed by atoms with E-state index in [0.29, 0.717) is 18.4 Å². The molecular weight excluding hydrogens is 255 g/mol. The minimum absolute atomic E-state index is 0.0193. The van der Waals surface area contributed by atoms with Crippen molar-refractivity contribution < 1.29 is 18.0 Å². The van der Waals surface area contributed by atoms with Crippen LogP contribution in [-0.4, -0.2) is 6.08 Å². The molecule has 0 spiro atoms. The molecule has 2 rings (SSSR count).